The molecule has 0 spiro atoms. The maximum absolute atomic E-state index is 6.04. The number of hydrogen-bond acceptors (Lipinski definition) is 4. The van der Waals surface area contributed by atoms with Gasteiger partial charge in [0.2, 0.25) is 0 Å². The summed E-state index contributed by atoms with van der Waals surface area (Å²) in [6, 6.07) is 0. The van der Waals surface area contributed by atoms with Crippen LogP contribution in [0.4, 0.5) is 5.82 Å². The molecule has 0 N–H and O–H groups in total. The van der Waals surface area contributed by atoms with Gasteiger partial charge in [-0.1, -0.05) is 0 Å². The second-order valence-electron chi connectivity index (χ2n) is 4.32. The van der Waals surface area contributed by atoms with E-state index in [0.29, 0.717) is 0 Å². The Bertz CT molecular complexity index is 536. The van der Waals surface area contributed by atoms with Crippen molar-refractivity contribution >= 4 is 39.0 Å². The molecule has 0 aromatic carbocycles. The van der Waals surface area contributed by atoms with Gasteiger partial charge < -0.3 is 4.90 Å². The van der Waals surface area contributed by atoms with Gasteiger partial charge in [-0.05, 0) is 26.3 Å². The standard InChI is InChI=1S/C12H16ClN3S/c1-7(13)5-16(4)11-10-8(2)9(3)17-12(10)15-6-14-11/h6-7H,5H2,1-4H3. The normalized spacial score (nSPS) is 13.0. The van der Waals surface area contributed by atoms with Gasteiger partial charge >= 0.3 is 0 Å². The number of nitrogens with zero attached hydrogens (tertiary/aromatic N) is 3. The highest BCUT2D eigenvalue weighted by molar-refractivity contribution is 7.18. The maximum atomic E-state index is 6.04. The van der Waals surface area contributed by atoms with Gasteiger partial charge in [0.25, 0.3) is 0 Å². The second kappa shape index (κ2) is 4.78. The smallest absolute Gasteiger partial charge is 0.140 e. The molecule has 5 heteroatoms. The molecule has 1 atom stereocenters. The fourth-order valence-corrected chi connectivity index (χ4v) is 3.12. The molecule has 0 aliphatic carbocycles. The highest BCUT2D eigenvalue weighted by Crippen LogP contribution is 2.33. The fourth-order valence-electron chi connectivity index (χ4n) is 1.92. The van der Waals surface area contributed by atoms with Crippen LogP contribution in [0.5, 0.6) is 0 Å². The van der Waals surface area contributed by atoms with E-state index in [1.165, 1.54) is 10.4 Å². The van der Waals surface area contributed by atoms with E-state index in [0.717, 1.165) is 22.6 Å². The Hall–Kier alpha value is -0.870. The zero-order chi connectivity index (χ0) is 12.6. The molecule has 0 aliphatic heterocycles. The van der Waals surface area contributed by atoms with Crippen LogP contribution in [0.15, 0.2) is 6.33 Å². The van der Waals surface area contributed by atoms with E-state index in [1.807, 2.05) is 14.0 Å². The average molecular weight is 270 g/mol. The van der Waals surface area contributed by atoms with Crippen molar-refractivity contribution in [3.63, 3.8) is 0 Å². The second-order valence-corrected chi connectivity index (χ2v) is 6.27. The Morgan fingerprint density at radius 1 is 1.41 bits per heavy atom. The highest BCUT2D eigenvalue weighted by Gasteiger charge is 2.15. The molecule has 0 saturated heterocycles. The molecule has 0 fully saturated rings. The average Bonchev–Trinajstić information content (AvgIpc) is 2.54. The lowest BCUT2D eigenvalue weighted by molar-refractivity contribution is 0.846. The van der Waals surface area contributed by atoms with Crippen molar-refractivity contribution in [1.29, 1.82) is 0 Å². The minimum Gasteiger partial charge on any atom is -0.358 e. The first-order valence-electron chi connectivity index (χ1n) is 5.56. The maximum Gasteiger partial charge on any atom is 0.140 e. The predicted molar refractivity (Wildman–Crippen MR) is 75.5 cm³/mol. The third-order valence-corrected chi connectivity index (χ3v) is 4.09. The zero-order valence-corrected chi connectivity index (χ0v) is 12.1. The Morgan fingerprint density at radius 2 is 2.12 bits per heavy atom. The van der Waals surface area contributed by atoms with E-state index in [4.69, 9.17) is 11.6 Å². The largest absolute Gasteiger partial charge is 0.358 e. The summed E-state index contributed by atoms with van der Waals surface area (Å²) in [5, 5.41) is 1.26. The van der Waals surface area contributed by atoms with Crippen molar-refractivity contribution in [3.8, 4) is 0 Å². The number of thiophene rings is 1. The van der Waals surface area contributed by atoms with Crippen LogP contribution in [0.1, 0.15) is 17.4 Å². The Labute approximate surface area is 110 Å². The fraction of sp³-hybridized carbons (Fsp3) is 0.500. The van der Waals surface area contributed by atoms with Crippen LogP contribution >= 0.6 is 22.9 Å². The summed E-state index contributed by atoms with van der Waals surface area (Å²) in [5.74, 6) is 0.976. The highest BCUT2D eigenvalue weighted by atomic mass is 35.5. The molecule has 0 radical (unpaired) electrons. The minimum atomic E-state index is 0.102. The lowest BCUT2D eigenvalue weighted by Crippen LogP contribution is -2.25. The van der Waals surface area contributed by atoms with E-state index >= 15 is 0 Å². The van der Waals surface area contributed by atoms with Crippen molar-refractivity contribution in [2.45, 2.75) is 26.1 Å². The molecule has 17 heavy (non-hydrogen) atoms. The van der Waals surface area contributed by atoms with E-state index in [-0.39, 0.29) is 5.38 Å². The molecular weight excluding hydrogens is 254 g/mol. The number of rotatable bonds is 3. The zero-order valence-electron chi connectivity index (χ0n) is 10.5. The van der Waals surface area contributed by atoms with Crippen molar-refractivity contribution in [2.75, 3.05) is 18.5 Å². The van der Waals surface area contributed by atoms with Crippen molar-refractivity contribution in [2.24, 2.45) is 0 Å². The van der Waals surface area contributed by atoms with Gasteiger partial charge in [0, 0.05) is 23.8 Å². The lowest BCUT2D eigenvalue weighted by atomic mass is 10.2. The lowest BCUT2D eigenvalue weighted by Gasteiger charge is -2.20. The third-order valence-electron chi connectivity index (χ3n) is 2.83. The summed E-state index contributed by atoms with van der Waals surface area (Å²) >= 11 is 7.75. The summed E-state index contributed by atoms with van der Waals surface area (Å²) in [7, 11) is 2.02. The molecule has 92 valence electrons. The predicted octanol–water partition coefficient (Wildman–Crippen LogP) is 3.37. The number of aryl methyl sites for hydroxylation is 2. The van der Waals surface area contributed by atoms with E-state index in [9.17, 15) is 0 Å². The van der Waals surface area contributed by atoms with Crippen LogP contribution in [0.25, 0.3) is 10.2 Å². The molecule has 1 unspecified atom stereocenters. The van der Waals surface area contributed by atoms with Crippen LogP contribution in [-0.4, -0.2) is 28.9 Å². The molecule has 0 amide bonds. The molecule has 0 saturated carbocycles. The molecule has 0 aliphatic rings. The SMILES string of the molecule is Cc1sc2ncnc(N(C)CC(C)Cl)c2c1C. The Morgan fingerprint density at radius 3 is 2.76 bits per heavy atom. The molecule has 2 aromatic heterocycles. The molecular formula is C12H16ClN3S. The topological polar surface area (TPSA) is 29.0 Å². The van der Waals surface area contributed by atoms with E-state index < -0.39 is 0 Å². The number of alkyl halides is 1. The van der Waals surface area contributed by atoms with Crippen LogP contribution in [-0.2, 0) is 0 Å². The number of fused-ring (bicyclic) bond motifs is 1. The quantitative estimate of drug-likeness (QED) is 0.800. The van der Waals surface area contributed by atoms with Gasteiger partial charge in [0.15, 0.2) is 0 Å². The molecule has 0 bridgehead atoms. The molecule has 2 aromatic rings. The summed E-state index contributed by atoms with van der Waals surface area (Å²) in [5.41, 5.74) is 1.27. The van der Waals surface area contributed by atoms with Crippen LogP contribution in [0, 0.1) is 13.8 Å². The van der Waals surface area contributed by atoms with Crippen molar-refractivity contribution in [1.82, 2.24) is 9.97 Å². The van der Waals surface area contributed by atoms with Crippen molar-refractivity contribution in [3.05, 3.63) is 16.8 Å². The van der Waals surface area contributed by atoms with Crippen LogP contribution < -0.4 is 4.90 Å². The van der Waals surface area contributed by atoms with Gasteiger partial charge in [-0.25, -0.2) is 9.97 Å². The van der Waals surface area contributed by atoms with Crippen LogP contribution in [0.2, 0.25) is 0 Å². The van der Waals surface area contributed by atoms with Gasteiger partial charge in [-0.3, -0.25) is 0 Å². The van der Waals surface area contributed by atoms with Crippen LogP contribution in [0.3, 0.4) is 0 Å². The monoisotopic (exact) mass is 269 g/mol. The number of hydrogen-bond donors (Lipinski definition) is 0. The number of halogens is 1. The molecule has 2 heterocycles. The molecule has 3 nitrogen and oxygen atoms in total. The van der Waals surface area contributed by atoms with Gasteiger partial charge in [-0.2, -0.15) is 0 Å². The summed E-state index contributed by atoms with van der Waals surface area (Å²) in [6.45, 7) is 7.01. The van der Waals surface area contributed by atoms with E-state index in [2.05, 4.69) is 28.7 Å². The third kappa shape index (κ3) is 2.38. The summed E-state index contributed by atoms with van der Waals surface area (Å²) in [6.07, 6.45) is 1.63. The van der Waals surface area contributed by atoms with E-state index in [1.54, 1.807) is 17.7 Å². The number of aromatic nitrogens is 2. The minimum absolute atomic E-state index is 0.102. The van der Waals surface area contributed by atoms with Gasteiger partial charge in [-0.15, -0.1) is 22.9 Å². The summed E-state index contributed by atoms with van der Waals surface area (Å²) in [4.78, 5) is 13.2. The first-order valence-corrected chi connectivity index (χ1v) is 6.82. The first-order chi connectivity index (χ1) is 8.00. The molecule has 2 rings (SSSR count). The first kappa shape index (κ1) is 12.6. The van der Waals surface area contributed by atoms with Gasteiger partial charge in [0.05, 0.1) is 5.39 Å². The summed E-state index contributed by atoms with van der Waals surface area (Å²) < 4.78 is 0. The Kier molecular flexibility index (Phi) is 3.54. The van der Waals surface area contributed by atoms with Gasteiger partial charge in [0.1, 0.15) is 17.0 Å². The Balaban J connectivity index is 2.53. The number of anilines is 1. The van der Waals surface area contributed by atoms with Crippen molar-refractivity contribution < 1.29 is 0 Å².